The molecule has 0 radical (unpaired) electrons. The largest absolute Gasteiger partial charge is 0.573 e. The van der Waals surface area contributed by atoms with Crippen molar-refractivity contribution in [3.8, 4) is 11.5 Å². The molecule has 3 aromatic rings. The number of nitrogens with zero attached hydrogens (tertiary/aromatic N) is 1. The Morgan fingerprint density at radius 1 is 1.09 bits per heavy atom. The Bertz CT molecular complexity index is 1210. The fraction of sp³-hybridized carbons (Fsp3) is 0.217. The molecule has 2 aromatic carbocycles. The fourth-order valence-corrected chi connectivity index (χ4v) is 3.47. The molecular formula is C23H19ClF3NO5. The number of hydrogen-bond donors (Lipinski definition) is 1. The van der Waals surface area contributed by atoms with Gasteiger partial charge in [0.2, 0.25) is 0 Å². The number of pyridine rings is 1. The summed E-state index contributed by atoms with van der Waals surface area (Å²) in [6.45, 7) is 1.69. The van der Waals surface area contributed by atoms with Crippen molar-refractivity contribution in [3.05, 3.63) is 92.4 Å². The normalized spacial score (nSPS) is 11.3. The minimum absolute atomic E-state index is 0.108. The number of carbonyl (C=O) groups is 1. The van der Waals surface area contributed by atoms with Crippen molar-refractivity contribution in [2.24, 2.45) is 0 Å². The van der Waals surface area contributed by atoms with Gasteiger partial charge in [-0.2, -0.15) is 0 Å². The molecule has 0 bridgehead atoms. The molecule has 0 unspecified atom stereocenters. The molecule has 0 saturated heterocycles. The lowest BCUT2D eigenvalue weighted by molar-refractivity contribution is -0.274. The highest BCUT2D eigenvalue weighted by Crippen LogP contribution is 2.27. The molecule has 33 heavy (non-hydrogen) atoms. The van der Waals surface area contributed by atoms with Crippen LogP contribution in [0.5, 0.6) is 11.5 Å². The highest BCUT2D eigenvalue weighted by molar-refractivity contribution is 6.31. The summed E-state index contributed by atoms with van der Waals surface area (Å²) in [6, 6.07) is 12.8. The maximum Gasteiger partial charge on any atom is 0.573 e. The molecule has 0 aliphatic carbocycles. The number of rotatable bonds is 8. The average molecular weight is 482 g/mol. The number of carboxylic acid groups (broad SMARTS) is 1. The third-order valence-corrected chi connectivity index (χ3v) is 5.09. The first-order chi connectivity index (χ1) is 15.5. The summed E-state index contributed by atoms with van der Waals surface area (Å²) in [4.78, 5) is 23.8. The Hall–Kier alpha value is -3.46. The smallest absolute Gasteiger partial charge is 0.487 e. The van der Waals surface area contributed by atoms with Gasteiger partial charge in [0.05, 0.1) is 16.3 Å². The van der Waals surface area contributed by atoms with Crippen LogP contribution >= 0.6 is 11.6 Å². The number of ether oxygens (including phenoxy) is 2. The number of aryl methyl sites for hydroxylation is 2. The molecule has 6 nitrogen and oxygen atoms in total. The molecule has 1 N–H and O–H groups in total. The Morgan fingerprint density at radius 3 is 2.39 bits per heavy atom. The SMILES string of the molecule is Cc1cc(Cl)c(COc2cccc(OC(F)(F)F)c2)n(CCc2ccc(C(=O)O)cc2)c1=O. The Labute approximate surface area is 191 Å². The summed E-state index contributed by atoms with van der Waals surface area (Å²) < 4.78 is 48.3. The van der Waals surface area contributed by atoms with Crippen molar-refractivity contribution < 1.29 is 32.5 Å². The first kappa shape index (κ1) is 24.2. The van der Waals surface area contributed by atoms with Gasteiger partial charge in [0.25, 0.3) is 5.56 Å². The van der Waals surface area contributed by atoms with Gasteiger partial charge in [-0.05, 0) is 49.2 Å². The first-order valence-corrected chi connectivity index (χ1v) is 10.1. The van der Waals surface area contributed by atoms with Gasteiger partial charge in [0, 0.05) is 18.2 Å². The van der Waals surface area contributed by atoms with Crippen molar-refractivity contribution in [1.82, 2.24) is 4.57 Å². The predicted octanol–water partition coefficient (Wildman–Crippen LogP) is 5.23. The van der Waals surface area contributed by atoms with E-state index in [0.29, 0.717) is 17.7 Å². The number of benzene rings is 2. The van der Waals surface area contributed by atoms with Gasteiger partial charge >= 0.3 is 12.3 Å². The van der Waals surface area contributed by atoms with Crippen molar-refractivity contribution in [1.29, 1.82) is 0 Å². The molecule has 10 heteroatoms. The Morgan fingerprint density at radius 2 is 1.76 bits per heavy atom. The summed E-state index contributed by atoms with van der Waals surface area (Å²) in [5, 5.41) is 9.28. The van der Waals surface area contributed by atoms with Crippen LogP contribution < -0.4 is 15.0 Å². The van der Waals surface area contributed by atoms with Gasteiger partial charge in [-0.3, -0.25) is 4.79 Å². The lowest BCUT2D eigenvalue weighted by Crippen LogP contribution is -2.27. The van der Waals surface area contributed by atoms with Gasteiger partial charge in [-0.15, -0.1) is 13.2 Å². The number of carboxylic acids is 1. The van der Waals surface area contributed by atoms with Crippen LogP contribution in [-0.2, 0) is 19.6 Å². The van der Waals surface area contributed by atoms with Crippen LogP contribution in [0.25, 0.3) is 0 Å². The monoisotopic (exact) mass is 481 g/mol. The zero-order valence-electron chi connectivity index (χ0n) is 17.4. The highest BCUT2D eigenvalue weighted by Gasteiger charge is 2.31. The van der Waals surface area contributed by atoms with E-state index in [-0.39, 0.29) is 35.0 Å². The molecular weight excluding hydrogens is 463 g/mol. The van der Waals surface area contributed by atoms with Crippen molar-refractivity contribution in [2.45, 2.75) is 32.9 Å². The van der Waals surface area contributed by atoms with E-state index in [2.05, 4.69) is 4.74 Å². The van der Waals surface area contributed by atoms with E-state index in [1.807, 2.05) is 0 Å². The molecule has 0 spiro atoms. The van der Waals surface area contributed by atoms with E-state index in [9.17, 15) is 22.8 Å². The van der Waals surface area contributed by atoms with Crippen LogP contribution in [0, 0.1) is 6.92 Å². The van der Waals surface area contributed by atoms with E-state index in [0.717, 1.165) is 17.7 Å². The lowest BCUT2D eigenvalue weighted by Gasteiger charge is -2.17. The maximum atomic E-state index is 12.8. The number of alkyl halides is 3. The van der Waals surface area contributed by atoms with Gasteiger partial charge in [0.15, 0.2) is 0 Å². The molecule has 0 aliphatic rings. The number of aromatic nitrogens is 1. The Kier molecular flexibility index (Phi) is 7.33. The maximum absolute atomic E-state index is 12.8. The minimum atomic E-state index is -4.83. The zero-order valence-corrected chi connectivity index (χ0v) is 18.1. The lowest BCUT2D eigenvalue weighted by atomic mass is 10.1. The van der Waals surface area contributed by atoms with E-state index >= 15 is 0 Å². The molecule has 174 valence electrons. The zero-order chi connectivity index (χ0) is 24.2. The molecule has 0 atom stereocenters. The third kappa shape index (κ3) is 6.52. The summed E-state index contributed by atoms with van der Waals surface area (Å²) in [7, 11) is 0. The topological polar surface area (TPSA) is 77.8 Å². The second-order valence-corrected chi connectivity index (χ2v) is 7.55. The first-order valence-electron chi connectivity index (χ1n) is 9.73. The molecule has 0 aliphatic heterocycles. The molecule has 0 saturated carbocycles. The van der Waals surface area contributed by atoms with Crippen molar-refractivity contribution in [3.63, 3.8) is 0 Å². The second-order valence-electron chi connectivity index (χ2n) is 7.14. The predicted molar refractivity (Wildman–Crippen MR) is 115 cm³/mol. The molecule has 0 amide bonds. The standard InChI is InChI=1S/C23H19ClF3NO5/c1-14-11-19(24)20(13-32-17-3-2-4-18(12-17)33-23(25,26)27)28(21(14)29)10-9-15-5-7-16(8-6-15)22(30)31/h2-8,11-12H,9-10,13H2,1H3,(H,30,31). The van der Waals surface area contributed by atoms with Crippen LogP contribution in [0.1, 0.15) is 27.2 Å². The Balaban J connectivity index is 1.80. The summed E-state index contributed by atoms with van der Waals surface area (Å²) >= 11 is 6.35. The number of hydrogen-bond acceptors (Lipinski definition) is 4. The second kappa shape index (κ2) is 9.99. The quantitative estimate of drug-likeness (QED) is 0.477. The van der Waals surface area contributed by atoms with E-state index in [1.165, 1.54) is 34.9 Å². The van der Waals surface area contributed by atoms with Gasteiger partial charge in [-0.25, -0.2) is 4.79 Å². The van der Waals surface area contributed by atoms with Crippen LogP contribution in [0.15, 0.2) is 59.4 Å². The molecule has 3 rings (SSSR count). The fourth-order valence-electron chi connectivity index (χ4n) is 3.15. The highest BCUT2D eigenvalue weighted by atomic mass is 35.5. The third-order valence-electron chi connectivity index (χ3n) is 4.77. The van der Waals surface area contributed by atoms with Crippen LogP contribution in [0.2, 0.25) is 5.02 Å². The van der Waals surface area contributed by atoms with E-state index < -0.39 is 18.1 Å². The molecule has 1 heterocycles. The van der Waals surface area contributed by atoms with Crippen molar-refractivity contribution in [2.75, 3.05) is 0 Å². The summed E-state index contributed by atoms with van der Waals surface area (Å²) in [5.74, 6) is -1.36. The van der Waals surface area contributed by atoms with Crippen molar-refractivity contribution >= 4 is 17.6 Å². The van der Waals surface area contributed by atoms with Crippen LogP contribution in [0.4, 0.5) is 13.2 Å². The minimum Gasteiger partial charge on any atom is -0.487 e. The summed E-state index contributed by atoms with van der Waals surface area (Å²) in [6.07, 6.45) is -4.41. The molecule has 0 fully saturated rings. The van der Waals surface area contributed by atoms with Gasteiger partial charge < -0.3 is 19.1 Å². The van der Waals surface area contributed by atoms with Gasteiger partial charge in [-0.1, -0.05) is 29.8 Å². The van der Waals surface area contributed by atoms with E-state index in [4.69, 9.17) is 21.4 Å². The van der Waals surface area contributed by atoms with Crippen LogP contribution in [0.3, 0.4) is 0 Å². The molecule has 1 aromatic heterocycles. The summed E-state index contributed by atoms with van der Waals surface area (Å²) in [5.41, 5.74) is 1.46. The van der Waals surface area contributed by atoms with E-state index in [1.54, 1.807) is 19.1 Å². The van der Waals surface area contributed by atoms with Gasteiger partial charge in [0.1, 0.15) is 18.1 Å². The average Bonchev–Trinajstić information content (AvgIpc) is 2.74. The van der Waals surface area contributed by atoms with Crippen LogP contribution in [-0.4, -0.2) is 22.0 Å². The number of aromatic carboxylic acids is 1. The number of halogens is 4.